The van der Waals surface area contributed by atoms with E-state index < -0.39 is 0 Å². The summed E-state index contributed by atoms with van der Waals surface area (Å²) in [5.74, 6) is 0.871. The summed E-state index contributed by atoms with van der Waals surface area (Å²) in [6.07, 6.45) is 5.77. The van der Waals surface area contributed by atoms with Crippen molar-refractivity contribution in [3.8, 4) is 5.75 Å². The summed E-state index contributed by atoms with van der Waals surface area (Å²) >= 11 is 12.2. The number of nitrogens with zero attached hydrogens (tertiary/aromatic N) is 4. The van der Waals surface area contributed by atoms with E-state index in [1.165, 1.54) is 6.33 Å². The number of rotatable bonds is 5. The molecule has 1 saturated heterocycles. The lowest BCUT2D eigenvalue weighted by atomic mass is 10.0. The van der Waals surface area contributed by atoms with Crippen molar-refractivity contribution in [1.82, 2.24) is 19.5 Å². The smallest absolute Gasteiger partial charge is 0.146 e. The van der Waals surface area contributed by atoms with Crippen LogP contribution in [0.2, 0.25) is 10.3 Å². The van der Waals surface area contributed by atoms with Gasteiger partial charge in [-0.05, 0) is 30.3 Å². The first kappa shape index (κ1) is 19.3. The third kappa shape index (κ3) is 3.51. The van der Waals surface area contributed by atoms with Gasteiger partial charge < -0.3 is 14.0 Å². The van der Waals surface area contributed by atoms with Crippen LogP contribution in [0.15, 0.2) is 61.6 Å². The Bertz CT molecular complexity index is 1240. The first-order valence-corrected chi connectivity index (χ1v) is 10.3. The fourth-order valence-corrected chi connectivity index (χ4v) is 4.19. The Hall–Kier alpha value is -2.67. The summed E-state index contributed by atoms with van der Waals surface area (Å²) in [5.41, 5.74) is 1.54. The van der Waals surface area contributed by atoms with Gasteiger partial charge in [-0.15, -0.1) is 6.58 Å². The van der Waals surface area contributed by atoms with Crippen LogP contribution in [0.4, 0.5) is 0 Å². The molecule has 0 aliphatic carbocycles. The van der Waals surface area contributed by atoms with E-state index in [0.29, 0.717) is 16.9 Å². The molecule has 1 aromatic carbocycles. The molecule has 0 radical (unpaired) electrons. The maximum atomic E-state index is 6.31. The second-order valence-corrected chi connectivity index (χ2v) is 7.93. The molecule has 6 nitrogen and oxygen atoms in total. The first-order valence-electron chi connectivity index (χ1n) is 9.56. The third-order valence-corrected chi connectivity index (χ3v) is 5.91. The van der Waals surface area contributed by atoms with Gasteiger partial charge in [-0.1, -0.05) is 29.3 Å². The number of ether oxygens (including phenoxy) is 2. The Morgan fingerprint density at radius 1 is 1.20 bits per heavy atom. The minimum absolute atomic E-state index is 0.134. The molecule has 4 heterocycles. The van der Waals surface area contributed by atoms with Gasteiger partial charge in [0.2, 0.25) is 0 Å². The summed E-state index contributed by atoms with van der Waals surface area (Å²) < 4.78 is 14.3. The van der Waals surface area contributed by atoms with Gasteiger partial charge in [-0.25, -0.2) is 15.0 Å². The number of fused-ring (bicyclic) bond motifs is 2. The van der Waals surface area contributed by atoms with Crippen molar-refractivity contribution in [3.63, 3.8) is 0 Å². The number of hydrogen-bond donors (Lipinski definition) is 0. The van der Waals surface area contributed by atoms with Crippen molar-refractivity contribution in [1.29, 1.82) is 0 Å². The normalized spacial score (nSPS) is 21.3. The molecule has 5 rings (SSSR count). The number of halogens is 2. The molecule has 30 heavy (non-hydrogen) atoms. The molecular weight excluding hydrogens is 423 g/mol. The van der Waals surface area contributed by atoms with Crippen LogP contribution in [0.1, 0.15) is 12.6 Å². The summed E-state index contributed by atoms with van der Waals surface area (Å²) in [4.78, 5) is 12.7. The van der Waals surface area contributed by atoms with Crippen LogP contribution in [0, 0.1) is 5.92 Å². The van der Waals surface area contributed by atoms with Crippen molar-refractivity contribution in [2.24, 2.45) is 5.92 Å². The van der Waals surface area contributed by atoms with Crippen molar-refractivity contribution in [3.05, 3.63) is 71.9 Å². The lowest BCUT2D eigenvalue weighted by Gasteiger charge is -2.18. The predicted octanol–water partition coefficient (Wildman–Crippen LogP) is 5.46. The highest BCUT2D eigenvalue weighted by atomic mass is 35.5. The SMILES string of the molecule is C=CC1CC(n2ccc3c(Cl)ncnc32)OC1COc1ccc2ccc(Cl)nc2c1. The van der Waals surface area contributed by atoms with Crippen LogP contribution in [-0.4, -0.2) is 32.2 Å². The van der Waals surface area contributed by atoms with E-state index in [-0.39, 0.29) is 18.2 Å². The van der Waals surface area contributed by atoms with Gasteiger partial charge in [-0.2, -0.15) is 0 Å². The minimum atomic E-state index is -0.179. The van der Waals surface area contributed by atoms with Gasteiger partial charge in [0.25, 0.3) is 0 Å². The van der Waals surface area contributed by atoms with Gasteiger partial charge in [0.1, 0.15) is 47.0 Å². The van der Waals surface area contributed by atoms with Crippen molar-refractivity contribution < 1.29 is 9.47 Å². The zero-order valence-corrected chi connectivity index (χ0v) is 17.4. The Morgan fingerprint density at radius 3 is 2.93 bits per heavy atom. The molecule has 0 bridgehead atoms. The van der Waals surface area contributed by atoms with E-state index in [1.54, 1.807) is 6.07 Å². The van der Waals surface area contributed by atoms with Gasteiger partial charge >= 0.3 is 0 Å². The molecule has 0 saturated carbocycles. The van der Waals surface area contributed by atoms with E-state index in [1.807, 2.05) is 47.2 Å². The average molecular weight is 441 g/mol. The highest BCUT2D eigenvalue weighted by molar-refractivity contribution is 6.33. The molecule has 8 heteroatoms. The molecule has 1 fully saturated rings. The predicted molar refractivity (Wildman–Crippen MR) is 117 cm³/mol. The molecule has 3 aromatic heterocycles. The van der Waals surface area contributed by atoms with Gasteiger partial charge in [0, 0.05) is 30.0 Å². The molecule has 4 aromatic rings. The summed E-state index contributed by atoms with van der Waals surface area (Å²) in [6, 6.07) is 11.4. The first-order chi connectivity index (χ1) is 14.6. The monoisotopic (exact) mass is 440 g/mol. The van der Waals surface area contributed by atoms with E-state index in [0.717, 1.165) is 34.1 Å². The zero-order chi connectivity index (χ0) is 20.7. The number of benzene rings is 1. The van der Waals surface area contributed by atoms with Crippen LogP contribution in [0.3, 0.4) is 0 Å². The maximum absolute atomic E-state index is 6.31. The molecule has 3 atom stereocenters. The van der Waals surface area contributed by atoms with Crippen LogP contribution in [-0.2, 0) is 4.74 Å². The maximum Gasteiger partial charge on any atom is 0.146 e. The topological polar surface area (TPSA) is 62.1 Å². The number of aromatic nitrogens is 4. The highest BCUT2D eigenvalue weighted by Crippen LogP contribution is 2.37. The number of hydrogen-bond acceptors (Lipinski definition) is 5. The summed E-state index contributed by atoms with van der Waals surface area (Å²) in [5, 5.41) is 2.70. The Morgan fingerprint density at radius 2 is 2.07 bits per heavy atom. The molecule has 152 valence electrons. The molecule has 3 unspecified atom stereocenters. The second kappa shape index (κ2) is 7.87. The number of pyridine rings is 1. The van der Waals surface area contributed by atoms with Crippen LogP contribution in [0.25, 0.3) is 21.9 Å². The van der Waals surface area contributed by atoms with Crippen LogP contribution < -0.4 is 4.74 Å². The fourth-order valence-electron chi connectivity index (χ4n) is 3.85. The highest BCUT2D eigenvalue weighted by Gasteiger charge is 2.35. The standard InChI is InChI=1S/C22H18Cl2N4O2/c1-2-13-9-20(28-8-7-16-21(24)25-12-26-22(16)28)30-18(13)11-29-15-5-3-14-4-6-19(23)27-17(14)10-15/h2-8,10,12-13,18,20H,1,9,11H2. The fraction of sp³-hybridized carbons (Fsp3) is 0.227. The molecule has 1 aliphatic heterocycles. The molecular formula is C22H18Cl2N4O2. The van der Waals surface area contributed by atoms with E-state index in [4.69, 9.17) is 32.7 Å². The molecule has 1 aliphatic rings. The molecule has 0 N–H and O–H groups in total. The largest absolute Gasteiger partial charge is 0.491 e. The summed E-state index contributed by atoms with van der Waals surface area (Å²) in [6.45, 7) is 4.37. The van der Waals surface area contributed by atoms with Gasteiger partial charge in [0.15, 0.2) is 0 Å². The van der Waals surface area contributed by atoms with Crippen molar-refractivity contribution in [2.45, 2.75) is 18.8 Å². The lowest BCUT2D eigenvalue weighted by molar-refractivity contribution is -0.0205. The Kier molecular flexibility index (Phi) is 5.06. The summed E-state index contributed by atoms with van der Waals surface area (Å²) in [7, 11) is 0. The molecule has 0 spiro atoms. The van der Waals surface area contributed by atoms with Gasteiger partial charge in [-0.3, -0.25) is 0 Å². The van der Waals surface area contributed by atoms with Crippen LogP contribution in [0.5, 0.6) is 5.75 Å². The van der Waals surface area contributed by atoms with Crippen molar-refractivity contribution >= 4 is 45.1 Å². The Labute approximate surface area is 183 Å². The van der Waals surface area contributed by atoms with E-state index in [9.17, 15) is 0 Å². The minimum Gasteiger partial charge on any atom is -0.491 e. The van der Waals surface area contributed by atoms with Crippen LogP contribution >= 0.6 is 23.2 Å². The Balaban J connectivity index is 1.33. The molecule has 0 amide bonds. The van der Waals surface area contributed by atoms with E-state index >= 15 is 0 Å². The third-order valence-electron chi connectivity index (χ3n) is 5.40. The van der Waals surface area contributed by atoms with Crippen molar-refractivity contribution in [2.75, 3.05) is 6.61 Å². The zero-order valence-electron chi connectivity index (χ0n) is 15.9. The quantitative estimate of drug-likeness (QED) is 0.234. The second-order valence-electron chi connectivity index (χ2n) is 7.19. The average Bonchev–Trinajstić information content (AvgIpc) is 3.36. The van der Waals surface area contributed by atoms with Gasteiger partial charge in [0.05, 0.1) is 10.9 Å². The lowest BCUT2D eigenvalue weighted by Crippen LogP contribution is -2.23. The van der Waals surface area contributed by atoms with E-state index in [2.05, 4.69) is 21.5 Å².